The Kier molecular flexibility index (Phi) is 3.68. The monoisotopic (exact) mass is 238 g/mol. The van der Waals surface area contributed by atoms with Crippen LogP contribution in [0.4, 0.5) is 4.39 Å². The van der Waals surface area contributed by atoms with Crippen LogP contribution >= 0.6 is 0 Å². The summed E-state index contributed by atoms with van der Waals surface area (Å²) in [6, 6.07) is 2.62. The molecule has 2 heterocycles. The molecule has 92 valence electrons. The lowest BCUT2D eigenvalue weighted by Crippen LogP contribution is -2.41. The van der Waals surface area contributed by atoms with Crippen molar-refractivity contribution in [2.75, 3.05) is 19.7 Å². The molecule has 0 saturated carbocycles. The van der Waals surface area contributed by atoms with E-state index in [1.165, 1.54) is 18.3 Å². The number of piperidine rings is 1. The minimum Gasteiger partial charge on any atom is -0.396 e. The Bertz CT molecular complexity index is 394. The van der Waals surface area contributed by atoms with Crippen LogP contribution < -0.4 is 0 Å². The Hall–Kier alpha value is -1.49. The number of hydrogen-bond donors (Lipinski definition) is 1. The minimum absolute atomic E-state index is 0.103. The average Bonchev–Trinajstić information content (AvgIpc) is 2.39. The molecular formula is C12H15FN2O2. The van der Waals surface area contributed by atoms with Crippen molar-refractivity contribution in [3.05, 3.63) is 29.8 Å². The molecule has 5 heteroatoms. The van der Waals surface area contributed by atoms with Gasteiger partial charge < -0.3 is 10.0 Å². The van der Waals surface area contributed by atoms with Crippen molar-refractivity contribution in [3.8, 4) is 0 Å². The number of hydrogen-bond acceptors (Lipinski definition) is 3. The fraction of sp³-hybridized carbons (Fsp3) is 0.500. The van der Waals surface area contributed by atoms with Crippen molar-refractivity contribution in [3.63, 3.8) is 0 Å². The summed E-state index contributed by atoms with van der Waals surface area (Å²) in [7, 11) is 0. The van der Waals surface area contributed by atoms with Gasteiger partial charge in [0.25, 0.3) is 5.91 Å². The van der Waals surface area contributed by atoms with Gasteiger partial charge in [0.1, 0.15) is 0 Å². The van der Waals surface area contributed by atoms with E-state index < -0.39 is 5.95 Å². The molecule has 4 nitrogen and oxygen atoms in total. The first-order valence-electron chi connectivity index (χ1n) is 5.72. The molecule has 0 radical (unpaired) electrons. The number of aromatic nitrogens is 1. The van der Waals surface area contributed by atoms with Gasteiger partial charge in [-0.1, -0.05) is 0 Å². The fourth-order valence-electron chi connectivity index (χ4n) is 2.08. The van der Waals surface area contributed by atoms with Gasteiger partial charge in [0.2, 0.25) is 5.95 Å². The van der Waals surface area contributed by atoms with Crippen LogP contribution in [0, 0.1) is 11.9 Å². The van der Waals surface area contributed by atoms with Crippen LogP contribution in [0.1, 0.15) is 23.2 Å². The molecule has 1 aromatic heterocycles. The standard InChI is InChI=1S/C12H15FN2O2/c13-11-4-3-10(6-14-11)12(17)15-5-1-2-9(7-15)8-16/h3-4,6,9,16H,1-2,5,7-8H2/t9-/m0/s1. The molecule has 0 aliphatic carbocycles. The normalized spacial score (nSPS) is 20.4. The Morgan fingerprint density at radius 3 is 3.06 bits per heavy atom. The van der Waals surface area contributed by atoms with Gasteiger partial charge in [0, 0.05) is 25.9 Å². The third kappa shape index (κ3) is 2.79. The molecule has 1 fully saturated rings. The SMILES string of the molecule is O=C(c1ccc(F)nc1)N1CCC[C@H](CO)C1. The highest BCUT2D eigenvalue weighted by Crippen LogP contribution is 2.17. The van der Waals surface area contributed by atoms with E-state index in [1.54, 1.807) is 4.90 Å². The van der Waals surface area contributed by atoms with Gasteiger partial charge in [-0.25, -0.2) is 4.98 Å². The predicted octanol–water partition coefficient (Wildman–Crippen LogP) is 1.07. The number of carbonyl (C=O) groups excluding carboxylic acids is 1. The van der Waals surface area contributed by atoms with Gasteiger partial charge in [0.15, 0.2) is 0 Å². The van der Waals surface area contributed by atoms with E-state index in [0.717, 1.165) is 12.8 Å². The number of rotatable bonds is 2. The first kappa shape index (κ1) is 12.0. The number of likely N-dealkylation sites (tertiary alicyclic amines) is 1. The summed E-state index contributed by atoms with van der Waals surface area (Å²) in [4.78, 5) is 17.2. The lowest BCUT2D eigenvalue weighted by molar-refractivity contribution is 0.0620. The van der Waals surface area contributed by atoms with Crippen molar-refractivity contribution in [1.29, 1.82) is 0 Å². The second kappa shape index (κ2) is 5.23. The number of aliphatic hydroxyl groups is 1. The number of pyridine rings is 1. The molecule has 1 aromatic rings. The molecule has 1 N–H and O–H groups in total. The van der Waals surface area contributed by atoms with Gasteiger partial charge in [-0.05, 0) is 30.9 Å². The molecule has 1 aliphatic rings. The minimum atomic E-state index is -0.589. The van der Waals surface area contributed by atoms with Gasteiger partial charge >= 0.3 is 0 Å². The summed E-state index contributed by atoms with van der Waals surface area (Å²) in [6.07, 6.45) is 3.09. The van der Waals surface area contributed by atoms with Crippen LogP contribution in [0.3, 0.4) is 0 Å². The highest BCUT2D eigenvalue weighted by molar-refractivity contribution is 5.93. The van der Waals surface area contributed by atoms with Gasteiger partial charge in [-0.15, -0.1) is 0 Å². The first-order chi connectivity index (χ1) is 8.20. The molecule has 0 aromatic carbocycles. The number of carbonyl (C=O) groups is 1. The molecule has 0 spiro atoms. The highest BCUT2D eigenvalue weighted by Gasteiger charge is 2.24. The molecule has 1 aliphatic heterocycles. The van der Waals surface area contributed by atoms with Crippen LogP contribution in [0.2, 0.25) is 0 Å². The van der Waals surface area contributed by atoms with Crippen LogP contribution in [0.15, 0.2) is 18.3 Å². The van der Waals surface area contributed by atoms with Crippen molar-refractivity contribution in [2.45, 2.75) is 12.8 Å². The van der Waals surface area contributed by atoms with Crippen LogP contribution in [-0.2, 0) is 0 Å². The third-order valence-corrected chi connectivity index (χ3v) is 3.04. The molecule has 0 unspecified atom stereocenters. The summed E-state index contributed by atoms with van der Waals surface area (Å²) in [5, 5.41) is 9.10. The van der Waals surface area contributed by atoms with E-state index in [0.29, 0.717) is 18.7 Å². The van der Waals surface area contributed by atoms with Crippen LogP contribution in [0.25, 0.3) is 0 Å². The number of amides is 1. The maximum atomic E-state index is 12.6. The largest absolute Gasteiger partial charge is 0.396 e. The van der Waals surface area contributed by atoms with Crippen LogP contribution in [-0.4, -0.2) is 40.6 Å². The Balaban J connectivity index is 2.06. The van der Waals surface area contributed by atoms with E-state index in [1.807, 2.05) is 0 Å². The molecule has 17 heavy (non-hydrogen) atoms. The van der Waals surface area contributed by atoms with Crippen molar-refractivity contribution in [2.24, 2.45) is 5.92 Å². The maximum Gasteiger partial charge on any atom is 0.255 e. The Labute approximate surface area is 99.1 Å². The average molecular weight is 238 g/mol. The highest BCUT2D eigenvalue weighted by atomic mass is 19.1. The van der Waals surface area contributed by atoms with Crippen molar-refractivity contribution in [1.82, 2.24) is 9.88 Å². The van der Waals surface area contributed by atoms with E-state index >= 15 is 0 Å². The van der Waals surface area contributed by atoms with Gasteiger partial charge in [-0.3, -0.25) is 4.79 Å². The molecular weight excluding hydrogens is 223 g/mol. The zero-order valence-corrected chi connectivity index (χ0v) is 9.47. The smallest absolute Gasteiger partial charge is 0.255 e. The predicted molar refractivity (Wildman–Crippen MR) is 59.9 cm³/mol. The number of aliphatic hydroxyl groups excluding tert-OH is 1. The van der Waals surface area contributed by atoms with E-state index in [4.69, 9.17) is 5.11 Å². The lowest BCUT2D eigenvalue weighted by Gasteiger charge is -2.31. The summed E-state index contributed by atoms with van der Waals surface area (Å²) in [5.41, 5.74) is 0.394. The zero-order valence-electron chi connectivity index (χ0n) is 9.47. The van der Waals surface area contributed by atoms with Gasteiger partial charge in [-0.2, -0.15) is 4.39 Å². The molecule has 0 bridgehead atoms. The fourth-order valence-corrected chi connectivity index (χ4v) is 2.08. The van der Waals surface area contributed by atoms with Crippen LogP contribution in [0.5, 0.6) is 0 Å². The molecule has 1 atom stereocenters. The zero-order chi connectivity index (χ0) is 12.3. The summed E-state index contributed by atoms with van der Waals surface area (Å²) >= 11 is 0. The number of nitrogens with zero attached hydrogens (tertiary/aromatic N) is 2. The van der Waals surface area contributed by atoms with Gasteiger partial charge in [0.05, 0.1) is 5.56 Å². The van der Waals surface area contributed by atoms with E-state index in [9.17, 15) is 9.18 Å². The maximum absolute atomic E-state index is 12.6. The van der Waals surface area contributed by atoms with E-state index in [2.05, 4.69) is 4.98 Å². The molecule has 2 rings (SSSR count). The van der Waals surface area contributed by atoms with E-state index in [-0.39, 0.29) is 18.4 Å². The second-order valence-corrected chi connectivity index (χ2v) is 4.31. The summed E-state index contributed by atoms with van der Waals surface area (Å²) in [6.45, 7) is 1.35. The van der Waals surface area contributed by atoms with Crippen molar-refractivity contribution < 1.29 is 14.3 Å². The first-order valence-corrected chi connectivity index (χ1v) is 5.72. The summed E-state index contributed by atoms with van der Waals surface area (Å²) < 4.78 is 12.6. The van der Waals surface area contributed by atoms with Crippen molar-refractivity contribution >= 4 is 5.91 Å². The quantitative estimate of drug-likeness (QED) is 0.784. The third-order valence-electron chi connectivity index (χ3n) is 3.04. The topological polar surface area (TPSA) is 53.4 Å². The lowest BCUT2D eigenvalue weighted by atomic mass is 9.98. The Morgan fingerprint density at radius 1 is 1.59 bits per heavy atom. The number of halogens is 1. The Morgan fingerprint density at radius 2 is 2.41 bits per heavy atom. The molecule has 1 amide bonds. The molecule has 1 saturated heterocycles. The summed E-state index contributed by atoms with van der Waals surface area (Å²) in [5.74, 6) is -0.579. The second-order valence-electron chi connectivity index (χ2n) is 4.31.